The highest BCUT2D eigenvalue weighted by Crippen LogP contribution is 2.28. The molecule has 0 radical (unpaired) electrons. The normalized spacial score (nSPS) is 17.2. The van der Waals surface area contributed by atoms with Crippen LogP contribution in [0.3, 0.4) is 0 Å². The van der Waals surface area contributed by atoms with Crippen LogP contribution in [0.1, 0.15) is 36.4 Å². The van der Waals surface area contributed by atoms with Gasteiger partial charge in [0.2, 0.25) is 5.91 Å². The predicted octanol–water partition coefficient (Wildman–Crippen LogP) is 2.06. The van der Waals surface area contributed by atoms with E-state index in [-0.39, 0.29) is 35.6 Å². The molecule has 1 saturated heterocycles. The van der Waals surface area contributed by atoms with Gasteiger partial charge in [0.1, 0.15) is 6.04 Å². The van der Waals surface area contributed by atoms with Gasteiger partial charge in [0.05, 0.1) is 11.5 Å². The van der Waals surface area contributed by atoms with Gasteiger partial charge in [-0.25, -0.2) is 0 Å². The molecule has 2 rings (SSSR count). The first-order chi connectivity index (χ1) is 12.0. The Morgan fingerprint density at radius 3 is 2.58 bits per heavy atom. The van der Waals surface area contributed by atoms with Crippen molar-refractivity contribution in [1.29, 1.82) is 0 Å². The van der Waals surface area contributed by atoms with E-state index >= 15 is 0 Å². The Morgan fingerprint density at radius 2 is 2.04 bits per heavy atom. The zero-order chi connectivity index (χ0) is 18.3. The van der Waals surface area contributed by atoms with Crippen molar-refractivity contribution in [2.45, 2.75) is 32.7 Å². The van der Waals surface area contributed by atoms with Gasteiger partial charge in [-0.15, -0.1) is 23.7 Å². The summed E-state index contributed by atoms with van der Waals surface area (Å²) in [5.41, 5.74) is -0.0328. The van der Waals surface area contributed by atoms with Crippen molar-refractivity contribution in [3.05, 3.63) is 22.4 Å². The SMILES string of the molecule is COCC1(CNC(=O)C(NC(=O)c2cccs2)C(C)C)CCNCC1.Cl. The Balaban J connectivity index is 0.00000338. The number of ether oxygens (including phenoxy) is 1. The number of carbonyl (C=O) groups is 2. The summed E-state index contributed by atoms with van der Waals surface area (Å²) < 4.78 is 5.39. The van der Waals surface area contributed by atoms with Crippen LogP contribution in [0.25, 0.3) is 0 Å². The van der Waals surface area contributed by atoms with Gasteiger partial charge in [-0.3, -0.25) is 9.59 Å². The van der Waals surface area contributed by atoms with Crippen LogP contribution in [0.5, 0.6) is 0 Å². The number of hydrogen-bond acceptors (Lipinski definition) is 5. The van der Waals surface area contributed by atoms with Gasteiger partial charge < -0.3 is 20.7 Å². The molecule has 6 nitrogen and oxygen atoms in total. The third kappa shape index (κ3) is 6.23. The summed E-state index contributed by atoms with van der Waals surface area (Å²) >= 11 is 1.37. The number of carbonyl (C=O) groups excluding carboxylic acids is 2. The molecule has 0 aliphatic carbocycles. The number of rotatable bonds is 8. The number of piperidine rings is 1. The summed E-state index contributed by atoms with van der Waals surface area (Å²) in [5.74, 6) is -0.318. The number of halogens is 1. The fourth-order valence-electron chi connectivity index (χ4n) is 3.18. The van der Waals surface area contributed by atoms with Crippen molar-refractivity contribution in [2.75, 3.05) is 33.4 Å². The predicted molar refractivity (Wildman–Crippen MR) is 107 cm³/mol. The van der Waals surface area contributed by atoms with Crippen molar-refractivity contribution in [2.24, 2.45) is 11.3 Å². The van der Waals surface area contributed by atoms with Gasteiger partial charge in [-0.05, 0) is 43.3 Å². The molecule has 0 bridgehead atoms. The summed E-state index contributed by atoms with van der Waals surface area (Å²) in [6.07, 6.45) is 1.93. The highest BCUT2D eigenvalue weighted by Gasteiger charge is 2.34. The van der Waals surface area contributed by atoms with Crippen LogP contribution >= 0.6 is 23.7 Å². The number of hydrogen-bond donors (Lipinski definition) is 3. The second kappa shape index (κ2) is 10.9. The largest absolute Gasteiger partial charge is 0.384 e. The van der Waals surface area contributed by atoms with Gasteiger partial charge >= 0.3 is 0 Å². The van der Waals surface area contributed by atoms with Crippen LogP contribution in [-0.4, -0.2) is 51.2 Å². The average Bonchev–Trinajstić information content (AvgIpc) is 3.13. The summed E-state index contributed by atoms with van der Waals surface area (Å²) in [4.78, 5) is 25.6. The first-order valence-corrected chi connectivity index (χ1v) is 9.67. The lowest BCUT2D eigenvalue weighted by molar-refractivity contribution is -0.124. The Morgan fingerprint density at radius 1 is 1.35 bits per heavy atom. The molecule has 0 spiro atoms. The molecule has 2 heterocycles. The van der Waals surface area contributed by atoms with Crippen LogP contribution in [0.4, 0.5) is 0 Å². The van der Waals surface area contributed by atoms with E-state index in [1.54, 1.807) is 13.2 Å². The van der Waals surface area contributed by atoms with Gasteiger partial charge in [0.25, 0.3) is 5.91 Å². The van der Waals surface area contributed by atoms with E-state index in [1.807, 2.05) is 25.3 Å². The number of nitrogens with one attached hydrogen (secondary N) is 3. The zero-order valence-electron chi connectivity index (χ0n) is 15.7. The minimum atomic E-state index is -0.545. The van der Waals surface area contributed by atoms with Crippen molar-refractivity contribution < 1.29 is 14.3 Å². The number of thiophene rings is 1. The van der Waals surface area contributed by atoms with Gasteiger partial charge in [0, 0.05) is 19.1 Å². The van der Waals surface area contributed by atoms with E-state index < -0.39 is 6.04 Å². The van der Waals surface area contributed by atoms with Gasteiger partial charge in [-0.1, -0.05) is 19.9 Å². The first-order valence-electron chi connectivity index (χ1n) is 8.79. The lowest BCUT2D eigenvalue weighted by Crippen LogP contribution is -2.53. The molecule has 1 aliphatic heterocycles. The number of amides is 2. The zero-order valence-corrected chi connectivity index (χ0v) is 17.3. The third-order valence-electron chi connectivity index (χ3n) is 4.73. The molecule has 2 amide bonds. The molecule has 148 valence electrons. The van der Waals surface area contributed by atoms with E-state index in [0.717, 1.165) is 25.9 Å². The quantitative estimate of drug-likeness (QED) is 0.620. The van der Waals surface area contributed by atoms with Crippen molar-refractivity contribution in [3.8, 4) is 0 Å². The molecule has 0 aromatic carbocycles. The molecule has 1 atom stereocenters. The fraction of sp³-hybridized carbons (Fsp3) is 0.667. The Labute approximate surface area is 165 Å². The Bertz CT molecular complexity index is 555. The van der Waals surface area contributed by atoms with E-state index in [4.69, 9.17) is 4.74 Å². The molecule has 1 fully saturated rings. The van der Waals surface area contributed by atoms with Crippen LogP contribution in [0.2, 0.25) is 0 Å². The van der Waals surface area contributed by atoms with Crippen molar-refractivity contribution >= 4 is 35.6 Å². The molecule has 0 saturated carbocycles. The minimum Gasteiger partial charge on any atom is -0.384 e. The van der Waals surface area contributed by atoms with Crippen LogP contribution in [0, 0.1) is 11.3 Å². The van der Waals surface area contributed by atoms with Crippen molar-refractivity contribution in [1.82, 2.24) is 16.0 Å². The lowest BCUT2D eigenvalue weighted by Gasteiger charge is -2.37. The first kappa shape index (κ1) is 22.9. The van der Waals surface area contributed by atoms with Crippen LogP contribution in [0.15, 0.2) is 17.5 Å². The fourth-order valence-corrected chi connectivity index (χ4v) is 3.80. The summed E-state index contributed by atoms with van der Waals surface area (Å²) in [6, 6.07) is 3.05. The van der Waals surface area contributed by atoms with Crippen LogP contribution < -0.4 is 16.0 Å². The minimum absolute atomic E-state index is 0. The molecule has 1 unspecified atom stereocenters. The maximum absolute atomic E-state index is 12.7. The molecule has 1 aliphatic rings. The highest BCUT2D eigenvalue weighted by atomic mass is 35.5. The average molecular weight is 404 g/mol. The van der Waals surface area contributed by atoms with E-state index in [0.29, 0.717) is 18.0 Å². The molecule has 1 aromatic heterocycles. The van der Waals surface area contributed by atoms with Gasteiger partial charge in [0.15, 0.2) is 0 Å². The maximum Gasteiger partial charge on any atom is 0.262 e. The van der Waals surface area contributed by atoms with Gasteiger partial charge in [-0.2, -0.15) is 0 Å². The Kier molecular flexibility index (Phi) is 9.57. The topological polar surface area (TPSA) is 79.5 Å². The smallest absolute Gasteiger partial charge is 0.262 e. The van der Waals surface area contributed by atoms with E-state index in [9.17, 15) is 9.59 Å². The highest BCUT2D eigenvalue weighted by molar-refractivity contribution is 7.12. The third-order valence-corrected chi connectivity index (χ3v) is 5.60. The molecular weight excluding hydrogens is 374 g/mol. The second-order valence-corrected chi connectivity index (χ2v) is 8.02. The molecule has 3 N–H and O–H groups in total. The molecule has 1 aromatic rings. The van der Waals surface area contributed by atoms with E-state index in [1.165, 1.54) is 11.3 Å². The summed E-state index contributed by atoms with van der Waals surface area (Å²) in [6.45, 7) is 6.94. The number of methoxy groups -OCH3 is 1. The van der Waals surface area contributed by atoms with E-state index in [2.05, 4.69) is 16.0 Å². The monoisotopic (exact) mass is 403 g/mol. The van der Waals surface area contributed by atoms with Crippen molar-refractivity contribution in [3.63, 3.8) is 0 Å². The maximum atomic E-state index is 12.7. The molecule has 8 heteroatoms. The standard InChI is InChI=1S/C18H29N3O3S.ClH/c1-13(2)15(21-16(22)14-5-4-10-25-14)17(23)20-11-18(12-24-3)6-8-19-9-7-18;/h4-5,10,13,15,19H,6-9,11-12H2,1-3H3,(H,20,23)(H,21,22);1H. The van der Waals surface area contributed by atoms with Crippen LogP contribution in [-0.2, 0) is 9.53 Å². The summed E-state index contributed by atoms with van der Waals surface area (Å²) in [5, 5.41) is 11.1. The lowest BCUT2D eigenvalue weighted by atomic mass is 9.79. The molecule has 26 heavy (non-hydrogen) atoms. The summed E-state index contributed by atoms with van der Waals surface area (Å²) in [7, 11) is 1.70. The molecular formula is C18H30ClN3O3S. The second-order valence-electron chi connectivity index (χ2n) is 7.07. The Hall–Kier alpha value is -1.15.